The van der Waals surface area contributed by atoms with Crippen LogP contribution in [0.2, 0.25) is 0 Å². The van der Waals surface area contributed by atoms with E-state index in [2.05, 4.69) is 17.0 Å². The number of aliphatic hydroxyl groups is 1. The molecule has 1 aliphatic rings. The summed E-state index contributed by atoms with van der Waals surface area (Å²) >= 11 is 0. The minimum absolute atomic E-state index is 0.257. The summed E-state index contributed by atoms with van der Waals surface area (Å²) in [5, 5.41) is 14.4. The Morgan fingerprint density at radius 1 is 1.57 bits per heavy atom. The fourth-order valence-corrected chi connectivity index (χ4v) is 2.24. The highest BCUT2D eigenvalue weighted by Gasteiger charge is 2.45. The average molecular weight is 195 g/mol. The van der Waals surface area contributed by atoms with Crippen LogP contribution in [0, 0.1) is 5.92 Å². The van der Waals surface area contributed by atoms with E-state index in [1.807, 2.05) is 18.5 Å². The van der Waals surface area contributed by atoms with Gasteiger partial charge < -0.3 is 5.11 Å². The number of hydrogen-bond acceptors (Lipinski definition) is 3. The van der Waals surface area contributed by atoms with Crippen LogP contribution in [-0.4, -0.2) is 19.9 Å². The molecule has 14 heavy (non-hydrogen) atoms. The molecule has 0 saturated heterocycles. The Kier molecular flexibility index (Phi) is 2.10. The van der Waals surface area contributed by atoms with E-state index in [-0.39, 0.29) is 6.04 Å². The minimum atomic E-state index is -0.722. The summed E-state index contributed by atoms with van der Waals surface area (Å²) in [6.45, 7) is 6.23. The molecule has 0 amide bonds. The van der Waals surface area contributed by atoms with Crippen LogP contribution in [0.25, 0.3) is 0 Å². The molecule has 2 rings (SSSR count). The Morgan fingerprint density at radius 2 is 2.21 bits per heavy atom. The van der Waals surface area contributed by atoms with E-state index >= 15 is 0 Å². The molecule has 0 bridgehead atoms. The lowest BCUT2D eigenvalue weighted by atomic mass is 9.71. The van der Waals surface area contributed by atoms with Crippen molar-refractivity contribution in [1.82, 2.24) is 14.8 Å². The van der Waals surface area contributed by atoms with E-state index in [0.29, 0.717) is 5.92 Å². The largest absolute Gasteiger partial charge is 0.382 e. The molecule has 0 aliphatic heterocycles. The minimum Gasteiger partial charge on any atom is -0.382 e. The second-order valence-corrected chi connectivity index (χ2v) is 4.67. The molecule has 0 spiro atoms. The Hall–Kier alpha value is -0.900. The van der Waals surface area contributed by atoms with Gasteiger partial charge in [0.2, 0.25) is 0 Å². The lowest BCUT2D eigenvalue weighted by Gasteiger charge is -2.41. The summed E-state index contributed by atoms with van der Waals surface area (Å²) in [6, 6.07) is 0.257. The zero-order valence-corrected chi connectivity index (χ0v) is 8.94. The molecule has 1 heterocycles. The van der Waals surface area contributed by atoms with Crippen molar-refractivity contribution in [2.24, 2.45) is 5.92 Å². The number of aromatic nitrogens is 3. The highest BCUT2D eigenvalue weighted by Crippen LogP contribution is 2.44. The molecular formula is C10H17N3O. The van der Waals surface area contributed by atoms with Gasteiger partial charge in [0.15, 0.2) is 5.82 Å². The second-order valence-electron chi connectivity index (χ2n) is 4.67. The van der Waals surface area contributed by atoms with Crippen LogP contribution in [0.5, 0.6) is 0 Å². The average Bonchev–Trinajstić information content (AvgIpc) is 2.48. The fourth-order valence-electron chi connectivity index (χ4n) is 2.24. The molecule has 1 aromatic rings. The molecule has 1 aromatic heterocycles. The summed E-state index contributed by atoms with van der Waals surface area (Å²) in [5.74, 6) is 1.32. The lowest BCUT2D eigenvalue weighted by molar-refractivity contribution is -0.0846. The van der Waals surface area contributed by atoms with Gasteiger partial charge in [-0.3, -0.25) is 0 Å². The van der Waals surface area contributed by atoms with Gasteiger partial charge >= 0.3 is 0 Å². The van der Waals surface area contributed by atoms with Crippen LogP contribution >= 0.6 is 0 Å². The zero-order valence-electron chi connectivity index (χ0n) is 8.94. The van der Waals surface area contributed by atoms with Crippen molar-refractivity contribution in [3.63, 3.8) is 0 Å². The van der Waals surface area contributed by atoms with Crippen molar-refractivity contribution in [3.05, 3.63) is 12.2 Å². The summed E-state index contributed by atoms with van der Waals surface area (Å²) in [7, 11) is 0. The molecule has 1 N–H and O–H groups in total. The van der Waals surface area contributed by atoms with Crippen molar-refractivity contribution in [1.29, 1.82) is 0 Å². The topological polar surface area (TPSA) is 50.9 Å². The van der Waals surface area contributed by atoms with Crippen molar-refractivity contribution < 1.29 is 5.11 Å². The predicted octanol–water partition coefficient (Wildman–Crippen LogP) is 1.48. The fraction of sp³-hybridized carbons (Fsp3) is 0.800. The van der Waals surface area contributed by atoms with Gasteiger partial charge in [-0.05, 0) is 32.6 Å². The van der Waals surface area contributed by atoms with E-state index < -0.39 is 5.60 Å². The van der Waals surface area contributed by atoms with Gasteiger partial charge in [-0.25, -0.2) is 9.67 Å². The molecule has 1 fully saturated rings. The van der Waals surface area contributed by atoms with Crippen molar-refractivity contribution in [2.45, 2.75) is 45.3 Å². The number of rotatable bonds is 2. The predicted molar refractivity (Wildman–Crippen MR) is 52.7 cm³/mol. The van der Waals surface area contributed by atoms with E-state index in [9.17, 15) is 5.11 Å². The van der Waals surface area contributed by atoms with Gasteiger partial charge in [-0.15, -0.1) is 0 Å². The summed E-state index contributed by atoms with van der Waals surface area (Å²) in [5.41, 5.74) is -0.722. The maximum Gasteiger partial charge on any atom is 0.159 e. The highest BCUT2D eigenvalue weighted by atomic mass is 16.3. The Labute approximate surface area is 84.0 Å². The van der Waals surface area contributed by atoms with Crippen LogP contribution < -0.4 is 0 Å². The molecule has 0 aromatic carbocycles. The molecular weight excluding hydrogens is 178 g/mol. The van der Waals surface area contributed by atoms with E-state index in [4.69, 9.17) is 0 Å². The van der Waals surface area contributed by atoms with E-state index in [1.54, 1.807) is 0 Å². The van der Waals surface area contributed by atoms with Crippen LogP contribution in [0.4, 0.5) is 0 Å². The van der Waals surface area contributed by atoms with Crippen LogP contribution in [0.15, 0.2) is 6.33 Å². The molecule has 1 saturated carbocycles. The van der Waals surface area contributed by atoms with Crippen molar-refractivity contribution in [2.75, 3.05) is 0 Å². The lowest BCUT2D eigenvalue weighted by Crippen LogP contribution is -2.42. The zero-order chi connectivity index (χ0) is 10.3. The summed E-state index contributed by atoms with van der Waals surface area (Å²) in [4.78, 5) is 4.17. The number of nitrogens with zero attached hydrogens (tertiary/aromatic N) is 3. The maximum absolute atomic E-state index is 10.2. The third-order valence-electron chi connectivity index (χ3n) is 2.85. The Balaban J connectivity index is 2.28. The second kappa shape index (κ2) is 3.05. The SMILES string of the molecule is CC1CC(O)(c2ncnn2C(C)C)C1. The molecule has 4 nitrogen and oxygen atoms in total. The third kappa shape index (κ3) is 1.34. The van der Waals surface area contributed by atoms with Crippen molar-refractivity contribution >= 4 is 0 Å². The molecule has 0 atom stereocenters. The van der Waals surface area contributed by atoms with E-state index in [1.165, 1.54) is 6.33 Å². The van der Waals surface area contributed by atoms with Gasteiger partial charge in [-0.2, -0.15) is 5.10 Å². The van der Waals surface area contributed by atoms with Crippen molar-refractivity contribution in [3.8, 4) is 0 Å². The maximum atomic E-state index is 10.2. The monoisotopic (exact) mass is 195 g/mol. The summed E-state index contributed by atoms with van der Waals surface area (Å²) < 4.78 is 1.81. The van der Waals surface area contributed by atoms with Gasteiger partial charge in [0, 0.05) is 6.04 Å². The van der Waals surface area contributed by atoms with Crippen LogP contribution in [0.3, 0.4) is 0 Å². The van der Waals surface area contributed by atoms with Crippen LogP contribution in [-0.2, 0) is 5.60 Å². The highest BCUT2D eigenvalue weighted by molar-refractivity contribution is 5.08. The Bertz CT molecular complexity index is 326. The first-order chi connectivity index (χ1) is 6.53. The molecule has 78 valence electrons. The summed E-state index contributed by atoms with van der Waals surface area (Å²) in [6.07, 6.45) is 3.13. The normalized spacial score (nSPS) is 31.9. The standard InChI is InChI=1S/C10H17N3O/c1-7(2)13-9(11-6-12-13)10(14)4-8(3)5-10/h6-8,14H,4-5H2,1-3H3. The van der Waals surface area contributed by atoms with Gasteiger partial charge in [0.05, 0.1) is 0 Å². The molecule has 4 heteroatoms. The Morgan fingerprint density at radius 3 is 2.71 bits per heavy atom. The first kappa shape index (κ1) is 9.65. The smallest absolute Gasteiger partial charge is 0.159 e. The third-order valence-corrected chi connectivity index (χ3v) is 2.85. The number of hydrogen-bond donors (Lipinski definition) is 1. The van der Waals surface area contributed by atoms with E-state index in [0.717, 1.165) is 18.7 Å². The quantitative estimate of drug-likeness (QED) is 0.777. The molecule has 0 radical (unpaired) electrons. The first-order valence-electron chi connectivity index (χ1n) is 5.15. The molecule has 0 unspecified atom stereocenters. The van der Waals surface area contributed by atoms with Gasteiger partial charge in [0.25, 0.3) is 0 Å². The first-order valence-corrected chi connectivity index (χ1v) is 5.15. The van der Waals surface area contributed by atoms with Gasteiger partial charge in [0.1, 0.15) is 11.9 Å². The van der Waals surface area contributed by atoms with Crippen LogP contribution in [0.1, 0.15) is 45.5 Å². The molecule has 1 aliphatic carbocycles. The van der Waals surface area contributed by atoms with Gasteiger partial charge in [-0.1, -0.05) is 6.92 Å².